The summed E-state index contributed by atoms with van der Waals surface area (Å²) in [6.07, 6.45) is 0. The third kappa shape index (κ3) is 2.28. The Morgan fingerprint density at radius 2 is 2.06 bits per heavy atom. The van der Waals surface area contributed by atoms with Crippen molar-refractivity contribution in [2.45, 2.75) is 6.92 Å². The zero-order valence-corrected chi connectivity index (χ0v) is 11.6. The standard InChI is InChI=1S/C12H9IN2O3/c1-6-9(12(17)18)11(16)15-10(14-6)7-4-2-3-5-8(7)13/h2-5H,1H3,(H,17,18)(H,14,15,16). The van der Waals surface area contributed by atoms with Crippen molar-refractivity contribution in [3.8, 4) is 11.4 Å². The predicted molar refractivity (Wildman–Crippen MR) is 74.7 cm³/mol. The number of nitrogens with one attached hydrogen (secondary N) is 1. The van der Waals surface area contributed by atoms with E-state index in [-0.39, 0.29) is 11.3 Å². The summed E-state index contributed by atoms with van der Waals surface area (Å²) in [5.74, 6) is -0.886. The molecule has 0 atom stereocenters. The van der Waals surface area contributed by atoms with Crippen LogP contribution in [0.3, 0.4) is 0 Å². The van der Waals surface area contributed by atoms with E-state index in [0.29, 0.717) is 5.82 Å². The van der Waals surface area contributed by atoms with E-state index in [2.05, 4.69) is 32.6 Å². The molecule has 0 aliphatic carbocycles. The van der Waals surface area contributed by atoms with E-state index in [1.165, 1.54) is 6.92 Å². The van der Waals surface area contributed by atoms with Crippen LogP contribution < -0.4 is 5.56 Å². The van der Waals surface area contributed by atoms with Crippen LogP contribution in [0.25, 0.3) is 11.4 Å². The molecule has 0 radical (unpaired) electrons. The van der Waals surface area contributed by atoms with Crippen molar-refractivity contribution in [2.75, 3.05) is 0 Å². The van der Waals surface area contributed by atoms with E-state index in [4.69, 9.17) is 5.11 Å². The van der Waals surface area contributed by atoms with Gasteiger partial charge in [0.05, 0.1) is 5.69 Å². The Bertz CT molecular complexity index is 679. The number of carboxylic acids is 1. The molecule has 18 heavy (non-hydrogen) atoms. The lowest BCUT2D eigenvalue weighted by Gasteiger charge is -2.06. The van der Waals surface area contributed by atoms with Crippen molar-refractivity contribution < 1.29 is 9.90 Å². The maximum atomic E-state index is 11.7. The summed E-state index contributed by atoms with van der Waals surface area (Å²) in [5, 5.41) is 8.90. The highest BCUT2D eigenvalue weighted by atomic mass is 127. The van der Waals surface area contributed by atoms with E-state index >= 15 is 0 Å². The van der Waals surface area contributed by atoms with Gasteiger partial charge in [-0.3, -0.25) is 4.79 Å². The molecular formula is C12H9IN2O3. The van der Waals surface area contributed by atoms with Crippen molar-refractivity contribution in [3.63, 3.8) is 0 Å². The SMILES string of the molecule is Cc1nc(-c2ccccc2I)[nH]c(=O)c1C(=O)O. The first-order valence-corrected chi connectivity index (χ1v) is 6.17. The third-order valence-electron chi connectivity index (χ3n) is 2.44. The molecule has 0 amide bonds. The van der Waals surface area contributed by atoms with E-state index in [0.717, 1.165) is 9.13 Å². The Labute approximate surface area is 116 Å². The molecule has 0 bridgehead atoms. The Morgan fingerprint density at radius 3 is 2.61 bits per heavy atom. The molecule has 2 aromatic rings. The predicted octanol–water partition coefficient (Wildman–Crippen LogP) is 2.05. The molecule has 5 nitrogen and oxygen atoms in total. The number of aromatic amines is 1. The molecule has 0 aliphatic heterocycles. The van der Waals surface area contributed by atoms with Crippen LogP contribution >= 0.6 is 22.6 Å². The van der Waals surface area contributed by atoms with Crippen LogP contribution in [0.1, 0.15) is 16.1 Å². The quantitative estimate of drug-likeness (QED) is 0.807. The molecule has 0 spiro atoms. The first-order chi connectivity index (χ1) is 8.50. The van der Waals surface area contributed by atoms with E-state index in [1.54, 1.807) is 0 Å². The molecule has 0 aliphatic rings. The number of aromatic carboxylic acids is 1. The van der Waals surface area contributed by atoms with Gasteiger partial charge in [-0.05, 0) is 35.6 Å². The van der Waals surface area contributed by atoms with Crippen LogP contribution in [0.4, 0.5) is 0 Å². The summed E-state index contributed by atoms with van der Waals surface area (Å²) in [4.78, 5) is 29.3. The van der Waals surface area contributed by atoms with Gasteiger partial charge in [0, 0.05) is 9.13 Å². The normalized spacial score (nSPS) is 10.3. The topological polar surface area (TPSA) is 83.0 Å². The monoisotopic (exact) mass is 356 g/mol. The smallest absolute Gasteiger partial charge is 0.343 e. The molecular weight excluding hydrogens is 347 g/mol. The summed E-state index contributed by atoms with van der Waals surface area (Å²) in [6.45, 7) is 1.51. The number of hydrogen-bond acceptors (Lipinski definition) is 3. The molecule has 0 saturated heterocycles. The number of aryl methyl sites for hydroxylation is 1. The van der Waals surface area contributed by atoms with Crippen molar-refractivity contribution in [1.82, 2.24) is 9.97 Å². The Morgan fingerprint density at radius 1 is 1.39 bits per heavy atom. The van der Waals surface area contributed by atoms with Gasteiger partial charge in [0.25, 0.3) is 5.56 Å². The van der Waals surface area contributed by atoms with E-state index in [9.17, 15) is 9.59 Å². The number of carboxylic acid groups (broad SMARTS) is 1. The average Bonchev–Trinajstić information content (AvgIpc) is 2.27. The maximum absolute atomic E-state index is 11.7. The van der Waals surface area contributed by atoms with Gasteiger partial charge in [-0.1, -0.05) is 18.2 Å². The summed E-state index contributed by atoms with van der Waals surface area (Å²) in [7, 11) is 0. The van der Waals surface area contributed by atoms with E-state index in [1.807, 2.05) is 24.3 Å². The van der Waals surface area contributed by atoms with Crippen molar-refractivity contribution in [2.24, 2.45) is 0 Å². The number of benzene rings is 1. The number of nitrogens with zero attached hydrogens (tertiary/aromatic N) is 1. The van der Waals surface area contributed by atoms with Crippen LogP contribution in [0.15, 0.2) is 29.1 Å². The highest BCUT2D eigenvalue weighted by Crippen LogP contribution is 2.21. The molecule has 2 N–H and O–H groups in total. The summed E-state index contributed by atoms with van der Waals surface area (Å²) in [5.41, 5.74) is 0.0329. The zero-order valence-electron chi connectivity index (χ0n) is 9.40. The fourth-order valence-corrected chi connectivity index (χ4v) is 2.26. The van der Waals surface area contributed by atoms with Gasteiger partial charge in [-0.15, -0.1) is 0 Å². The molecule has 1 heterocycles. The second-order valence-corrected chi connectivity index (χ2v) is 4.82. The highest BCUT2D eigenvalue weighted by molar-refractivity contribution is 14.1. The summed E-state index contributed by atoms with van der Waals surface area (Å²) >= 11 is 2.13. The molecule has 0 unspecified atom stereocenters. The fraction of sp³-hybridized carbons (Fsp3) is 0.0833. The van der Waals surface area contributed by atoms with Gasteiger partial charge >= 0.3 is 5.97 Å². The molecule has 6 heteroatoms. The molecule has 0 saturated carbocycles. The molecule has 2 rings (SSSR count). The number of rotatable bonds is 2. The van der Waals surface area contributed by atoms with Crippen molar-refractivity contribution in [1.29, 1.82) is 0 Å². The van der Waals surface area contributed by atoms with Gasteiger partial charge in [-0.2, -0.15) is 0 Å². The molecule has 0 fully saturated rings. The van der Waals surface area contributed by atoms with Crippen LogP contribution in [-0.4, -0.2) is 21.0 Å². The number of hydrogen-bond donors (Lipinski definition) is 2. The number of H-pyrrole nitrogens is 1. The van der Waals surface area contributed by atoms with Crippen molar-refractivity contribution >= 4 is 28.6 Å². The minimum Gasteiger partial charge on any atom is -0.477 e. The zero-order chi connectivity index (χ0) is 13.3. The van der Waals surface area contributed by atoms with Gasteiger partial charge in [-0.25, -0.2) is 9.78 Å². The minimum absolute atomic E-state index is 0.209. The van der Waals surface area contributed by atoms with E-state index < -0.39 is 11.5 Å². The molecule has 92 valence electrons. The number of carbonyl (C=O) groups is 1. The first kappa shape index (κ1) is 12.7. The van der Waals surface area contributed by atoms with Crippen molar-refractivity contribution in [3.05, 3.63) is 49.4 Å². The molecule has 1 aromatic carbocycles. The minimum atomic E-state index is -1.27. The van der Waals surface area contributed by atoms with Crippen LogP contribution in [0, 0.1) is 10.5 Å². The number of aromatic nitrogens is 2. The third-order valence-corrected chi connectivity index (χ3v) is 3.38. The second kappa shape index (κ2) is 4.89. The van der Waals surface area contributed by atoms with Crippen LogP contribution in [-0.2, 0) is 0 Å². The molecule has 1 aromatic heterocycles. The summed E-state index contributed by atoms with van der Waals surface area (Å²) in [6, 6.07) is 7.41. The maximum Gasteiger partial charge on any atom is 0.343 e. The lowest BCUT2D eigenvalue weighted by atomic mass is 10.2. The Balaban J connectivity index is 2.67. The van der Waals surface area contributed by atoms with Gasteiger partial charge in [0.15, 0.2) is 0 Å². The van der Waals surface area contributed by atoms with Gasteiger partial charge < -0.3 is 10.1 Å². The lowest BCUT2D eigenvalue weighted by Crippen LogP contribution is -2.21. The first-order valence-electron chi connectivity index (χ1n) is 5.10. The largest absolute Gasteiger partial charge is 0.477 e. The Kier molecular flexibility index (Phi) is 3.46. The average molecular weight is 356 g/mol. The fourth-order valence-electron chi connectivity index (χ4n) is 1.62. The van der Waals surface area contributed by atoms with Gasteiger partial charge in [0.2, 0.25) is 0 Å². The lowest BCUT2D eigenvalue weighted by molar-refractivity contribution is 0.0693. The van der Waals surface area contributed by atoms with Gasteiger partial charge in [0.1, 0.15) is 11.4 Å². The number of halogens is 1. The second-order valence-electron chi connectivity index (χ2n) is 3.66. The van der Waals surface area contributed by atoms with Crippen LogP contribution in [0.5, 0.6) is 0 Å². The highest BCUT2D eigenvalue weighted by Gasteiger charge is 2.16. The van der Waals surface area contributed by atoms with Crippen LogP contribution in [0.2, 0.25) is 0 Å². The Hall–Kier alpha value is -1.70. The summed E-state index contributed by atoms with van der Waals surface area (Å²) < 4.78 is 0.931.